The van der Waals surface area contributed by atoms with Gasteiger partial charge in [-0.15, -0.1) is 0 Å². The molecule has 2 aliphatic rings. The lowest BCUT2D eigenvalue weighted by atomic mass is 10.1. The van der Waals surface area contributed by atoms with Gasteiger partial charge in [0.15, 0.2) is 23.1 Å². The average Bonchev–Trinajstić information content (AvgIpc) is 3.25. The first kappa shape index (κ1) is 19.7. The minimum absolute atomic E-state index is 0.294. The number of nitrogens with two attached hydrogens (primary N) is 1. The van der Waals surface area contributed by atoms with E-state index in [9.17, 15) is 0 Å². The van der Waals surface area contributed by atoms with Crippen molar-refractivity contribution in [3.05, 3.63) is 53.4 Å². The Balaban J connectivity index is 1.22. The summed E-state index contributed by atoms with van der Waals surface area (Å²) in [5.41, 5.74) is 8.09. The molecule has 1 saturated heterocycles. The summed E-state index contributed by atoms with van der Waals surface area (Å²) in [6.45, 7) is 4.61. The lowest BCUT2D eigenvalue weighted by Gasteiger charge is -2.36. The van der Waals surface area contributed by atoms with Gasteiger partial charge >= 0.3 is 0 Å². The maximum absolute atomic E-state index is 6.38. The van der Waals surface area contributed by atoms with Gasteiger partial charge in [-0.2, -0.15) is 0 Å². The van der Waals surface area contributed by atoms with E-state index in [2.05, 4.69) is 42.2 Å². The molecule has 3 N–H and O–H groups in total. The number of hydrogen-bond donors (Lipinski definition) is 2. The molecule has 9 nitrogen and oxygen atoms in total. The third-order valence-electron chi connectivity index (χ3n) is 5.35. The van der Waals surface area contributed by atoms with Gasteiger partial charge in [0.05, 0.1) is 5.02 Å². The second kappa shape index (κ2) is 8.44. The van der Waals surface area contributed by atoms with Crippen molar-refractivity contribution in [1.82, 2.24) is 19.9 Å². The van der Waals surface area contributed by atoms with Crippen molar-refractivity contribution in [2.75, 3.05) is 48.9 Å². The maximum atomic E-state index is 6.38. The van der Waals surface area contributed by atoms with Crippen molar-refractivity contribution in [1.29, 1.82) is 0 Å². The van der Waals surface area contributed by atoms with Gasteiger partial charge in [0, 0.05) is 38.9 Å². The number of fused-ring (bicyclic) bond motifs is 1. The Bertz CT molecular complexity index is 1070. The largest absolute Gasteiger partial charge is 0.454 e. The zero-order chi connectivity index (χ0) is 21.2. The van der Waals surface area contributed by atoms with Gasteiger partial charge < -0.3 is 25.4 Å². The molecule has 160 valence electrons. The number of nitrogens with zero attached hydrogens (tertiary/aromatic N) is 5. The third-order valence-corrected chi connectivity index (χ3v) is 5.58. The summed E-state index contributed by atoms with van der Waals surface area (Å²) >= 11 is 5.90. The first-order valence-electron chi connectivity index (χ1n) is 10.0. The predicted molar refractivity (Wildman–Crippen MR) is 119 cm³/mol. The Morgan fingerprint density at radius 1 is 1.00 bits per heavy atom. The summed E-state index contributed by atoms with van der Waals surface area (Å²) in [6, 6.07) is 9.65. The monoisotopic (exact) mass is 439 g/mol. The van der Waals surface area contributed by atoms with Gasteiger partial charge in [-0.05, 0) is 29.8 Å². The molecule has 0 spiro atoms. The molecule has 2 aromatic heterocycles. The number of benzene rings is 1. The van der Waals surface area contributed by atoms with Crippen molar-refractivity contribution in [2.24, 2.45) is 0 Å². The molecule has 0 radical (unpaired) electrons. The Kier molecular flexibility index (Phi) is 5.35. The molecule has 0 aliphatic carbocycles. The molecule has 0 unspecified atom stereocenters. The highest BCUT2D eigenvalue weighted by Crippen LogP contribution is 2.33. The zero-order valence-electron chi connectivity index (χ0n) is 16.8. The number of ether oxygens (including phenoxy) is 2. The van der Waals surface area contributed by atoms with Gasteiger partial charge in [0.1, 0.15) is 17.8 Å². The fraction of sp³-hybridized carbons (Fsp3) is 0.286. The predicted octanol–water partition coefficient (Wildman–Crippen LogP) is 2.90. The number of anilines is 4. The van der Waals surface area contributed by atoms with Crippen molar-refractivity contribution in [3.8, 4) is 11.5 Å². The van der Waals surface area contributed by atoms with E-state index in [1.807, 2.05) is 6.07 Å². The zero-order valence-corrected chi connectivity index (χ0v) is 17.5. The van der Waals surface area contributed by atoms with E-state index in [0.717, 1.165) is 50.0 Å². The Morgan fingerprint density at radius 2 is 1.84 bits per heavy atom. The van der Waals surface area contributed by atoms with Gasteiger partial charge in [0.25, 0.3) is 0 Å². The number of aromatic nitrogens is 3. The Labute approximate surface area is 184 Å². The van der Waals surface area contributed by atoms with E-state index >= 15 is 0 Å². The fourth-order valence-corrected chi connectivity index (χ4v) is 3.84. The number of hydrogen-bond acceptors (Lipinski definition) is 9. The van der Waals surface area contributed by atoms with E-state index < -0.39 is 0 Å². The normalized spacial score (nSPS) is 15.8. The number of pyridine rings is 1. The number of rotatable bonds is 5. The second-order valence-electron chi connectivity index (χ2n) is 7.40. The van der Waals surface area contributed by atoms with Gasteiger partial charge in [-0.3, -0.25) is 4.90 Å². The molecule has 31 heavy (non-hydrogen) atoms. The lowest BCUT2D eigenvalue weighted by Crippen LogP contribution is -2.46. The van der Waals surface area contributed by atoms with Crippen molar-refractivity contribution >= 4 is 34.7 Å². The van der Waals surface area contributed by atoms with Crippen LogP contribution in [0.4, 0.5) is 23.1 Å². The summed E-state index contributed by atoms with van der Waals surface area (Å²) in [7, 11) is 0. The highest BCUT2D eigenvalue weighted by atomic mass is 35.5. The summed E-state index contributed by atoms with van der Waals surface area (Å²) in [5, 5.41) is 3.71. The number of piperazine rings is 1. The van der Waals surface area contributed by atoms with Crippen LogP contribution in [-0.4, -0.2) is 52.8 Å². The molecule has 3 aromatic rings. The topological polar surface area (TPSA) is 102 Å². The van der Waals surface area contributed by atoms with E-state index in [1.165, 1.54) is 11.9 Å². The molecule has 0 saturated carbocycles. The summed E-state index contributed by atoms with van der Waals surface area (Å²) in [5.74, 6) is 3.51. The molecule has 1 aromatic carbocycles. The van der Waals surface area contributed by atoms with E-state index in [0.29, 0.717) is 29.1 Å². The van der Waals surface area contributed by atoms with Crippen LogP contribution in [0.25, 0.3) is 0 Å². The molecule has 1 fully saturated rings. The molecular formula is C21H22ClN7O2. The van der Waals surface area contributed by atoms with Crippen molar-refractivity contribution in [3.63, 3.8) is 0 Å². The first-order valence-corrected chi connectivity index (χ1v) is 10.4. The summed E-state index contributed by atoms with van der Waals surface area (Å²) in [6.07, 6.45) is 3.09. The van der Waals surface area contributed by atoms with Crippen LogP contribution in [0.5, 0.6) is 11.5 Å². The van der Waals surface area contributed by atoms with Crippen LogP contribution in [0.1, 0.15) is 5.56 Å². The molecule has 0 bridgehead atoms. The van der Waals surface area contributed by atoms with Crippen LogP contribution in [0, 0.1) is 0 Å². The Hall–Kier alpha value is -3.30. The molecule has 2 aliphatic heterocycles. The maximum Gasteiger partial charge on any atom is 0.231 e. The second-order valence-corrected chi connectivity index (χ2v) is 7.83. The van der Waals surface area contributed by atoms with Crippen LogP contribution in [0.3, 0.4) is 0 Å². The van der Waals surface area contributed by atoms with E-state index in [4.69, 9.17) is 26.8 Å². The Morgan fingerprint density at radius 3 is 2.65 bits per heavy atom. The summed E-state index contributed by atoms with van der Waals surface area (Å²) < 4.78 is 10.9. The van der Waals surface area contributed by atoms with Crippen molar-refractivity contribution in [2.45, 2.75) is 6.54 Å². The lowest BCUT2D eigenvalue weighted by molar-refractivity contribution is 0.174. The minimum atomic E-state index is 0.294. The highest BCUT2D eigenvalue weighted by Gasteiger charge is 2.22. The van der Waals surface area contributed by atoms with Crippen LogP contribution < -0.4 is 25.4 Å². The smallest absolute Gasteiger partial charge is 0.231 e. The van der Waals surface area contributed by atoms with Gasteiger partial charge in [0.2, 0.25) is 6.79 Å². The van der Waals surface area contributed by atoms with Crippen LogP contribution in [-0.2, 0) is 6.54 Å². The third kappa shape index (κ3) is 4.28. The molecular weight excluding hydrogens is 418 g/mol. The molecule has 10 heteroatoms. The molecule has 4 heterocycles. The standard InChI is InChI=1S/C21H22ClN7O2/c22-15-2-4-18(24-10-15)27-20-19(23)21(26-12-25-20)29-7-5-28(6-8-29)11-14-1-3-16-17(9-14)31-13-30-16/h1-4,9-10,12H,5-8,11,13,23H2,(H,24,25,26,27). The van der Waals surface area contributed by atoms with Crippen LogP contribution >= 0.6 is 11.6 Å². The summed E-state index contributed by atoms with van der Waals surface area (Å²) in [4.78, 5) is 17.5. The van der Waals surface area contributed by atoms with E-state index in [1.54, 1.807) is 18.3 Å². The molecule has 0 atom stereocenters. The van der Waals surface area contributed by atoms with Crippen molar-refractivity contribution < 1.29 is 9.47 Å². The fourth-order valence-electron chi connectivity index (χ4n) is 3.72. The highest BCUT2D eigenvalue weighted by molar-refractivity contribution is 6.30. The molecule has 0 amide bonds. The SMILES string of the molecule is Nc1c(Nc2ccc(Cl)cn2)ncnc1N1CCN(Cc2ccc3c(c2)OCO3)CC1. The van der Waals surface area contributed by atoms with E-state index in [-0.39, 0.29) is 0 Å². The van der Waals surface area contributed by atoms with Gasteiger partial charge in [-0.25, -0.2) is 15.0 Å². The van der Waals surface area contributed by atoms with Gasteiger partial charge in [-0.1, -0.05) is 17.7 Å². The molecule has 5 rings (SSSR count). The average molecular weight is 440 g/mol. The number of halogens is 1. The van der Waals surface area contributed by atoms with Crippen LogP contribution in [0.15, 0.2) is 42.9 Å². The quantitative estimate of drug-likeness (QED) is 0.621. The number of nitrogens with one attached hydrogen (secondary N) is 1. The minimum Gasteiger partial charge on any atom is -0.454 e. The number of nitrogen functional groups attached to an aromatic ring is 1. The van der Waals surface area contributed by atoms with Crippen LogP contribution in [0.2, 0.25) is 5.02 Å². The first-order chi connectivity index (χ1) is 15.2.